The molecule has 1 aromatic heterocycles. The van der Waals surface area contributed by atoms with Crippen molar-refractivity contribution >= 4 is 27.3 Å². The van der Waals surface area contributed by atoms with Crippen molar-refractivity contribution in [2.45, 2.75) is 57.5 Å². The fourth-order valence-electron chi connectivity index (χ4n) is 3.52. The van der Waals surface area contributed by atoms with Crippen molar-refractivity contribution in [2.75, 3.05) is 13.6 Å². The minimum absolute atomic E-state index is 0.221. The van der Waals surface area contributed by atoms with Gasteiger partial charge in [0, 0.05) is 18.6 Å². The first kappa shape index (κ1) is 16.5. The molecule has 2 nitrogen and oxygen atoms in total. The van der Waals surface area contributed by atoms with Crippen molar-refractivity contribution in [3.05, 3.63) is 20.8 Å². The Morgan fingerprint density at radius 2 is 2.15 bits per heavy atom. The molecule has 0 saturated heterocycles. The average Bonchev–Trinajstić information content (AvgIpc) is 2.85. The predicted molar refractivity (Wildman–Crippen MR) is 92.1 cm³/mol. The number of hydrogen-bond donors (Lipinski definition) is 1. The first-order valence-corrected chi connectivity index (χ1v) is 9.41. The summed E-state index contributed by atoms with van der Waals surface area (Å²) in [6, 6.07) is 2.23. The Bertz CT molecular complexity index is 410. The molecule has 4 heteroatoms. The molecule has 0 aromatic carbocycles. The van der Waals surface area contributed by atoms with Gasteiger partial charge in [-0.1, -0.05) is 19.8 Å². The van der Waals surface area contributed by atoms with Crippen LogP contribution in [0.2, 0.25) is 0 Å². The zero-order chi connectivity index (χ0) is 14.6. The lowest BCUT2D eigenvalue weighted by Gasteiger charge is -2.46. The molecule has 1 saturated carbocycles. The Morgan fingerprint density at radius 1 is 1.45 bits per heavy atom. The molecule has 1 fully saturated rings. The van der Waals surface area contributed by atoms with Gasteiger partial charge in [0.15, 0.2) is 0 Å². The molecule has 20 heavy (non-hydrogen) atoms. The molecule has 0 atom stereocenters. The smallest absolute Gasteiger partial charge is 0.0701 e. The summed E-state index contributed by atoms with van der Waals surface area (Å²) in [5.74, 6) is 0.934. The SMILES string of the molecule is CCCC1CCC(CN)(N(C)Cc2csc(Br)c2)CC1. The topological polar surface area (TPSA) is 29.3 Å². The quantitative estimate of drug-likeness (QED) is 0.802. The Kier molecular flexibility index (Phi) is 6.09. The van der Waals surface area contributed by atoms with E-state index in [9.17, 15) is 0 Å². The maximum Gasteiger partial charge on any atom is 0.0701 e. The fourth-order valence-corrected chi connectivity index (χ4v) is 4.72. The van der Waals surface area contributed by atoms with Crippen LogP contribution in [0.3, 0.4) is 0 Å². The van der Waals surface area contributed by atoms with Crippen LogP contribution < -0.4 is 5.73 Å². The molecule has 0 radical (unpaired) electrons. The van der Waals surface area contributed by atoms with Crippen molar-refractivity contribution in [2.24, 2.45) is 11.7 Å². The van der Waals surface area contributed by atoms with E-state index in [4.69, 9.17) is 5.73 Å². The molecule has 0 unspecified atom stereocenters. The Labute approximate surface area is 135 Å². The third-order valence-corrected chi connectivity index (χ3v) is 6.52. The van der Waals surface area contributed by atoms with Crippen molar-refractivity contribution in [1.82, 2.24) is 4.90 Å². The van der Waals surface area contributed by atoms with Crippen LogP contribution in [-0.2, 0) is 6.54 Å². The van der Waals surface area contributed by atoms with Gasteiger partial charge in [0.1, 0.15) is 0 Å². The van der Waals surface area contributed by atoms with Crippen LogP contribution in [0.25, 0.3) is 0 Å². The Balaban J connectivity index is 1.96. The van der Waals surface area contributed by atoms with Gasteiger partial charge in [-0.3, -0.25) is 4.90 Å². The largest absolute Gasteiger partial charge is 0.329 e. The molecule has 1 heterocycles. The Morgan fingerprint density at radius 3 is 2.65 bits per heavy atom. The summed E-state index contributed by atoms with van der Waals surface area (Å²) in [5, 5.41) is 2.24. The van der Waals surface area contributed by atoms with Crippen LogP contribution in [0.15, 0.2) is 15.2 Å². The zero-order valence-corrected chi connectivity index (χ0v) is 15.1. The van der Waals surface area contributed by atoms with Gasteiger partial charge in [-0.2, -0.15) is 0 Å². The van der Waals surface area contributed by atoms with E-state index in [1.54, 1.807) is 11.3 Å². The van der Waals surface area contributed by atoms with E-state index in [0.29, 0.717) is 0 Å². The molecule has 0 bridgehead atoms. The average molecular weight is 359 g/mol. The van der Waals surface area contributed by atoms with E-state index in [-0.39, 0.29) is 5.54 Å². The van der Waals surface area contributed by atoms with Crippen LogP contribution in [0.1, 0.15) is 51.0 Å². The van der Waals surface area contributed by atoms with Crippen LogP contribution in [-0.4, -0.2) is 24.0 Å². The standard InChI is InChI=1S/C16H27BrN2S/c1-3-4-13-5-7-16(12-18,8-6-13)19(2)10-14-9-15(17)20-11-14/h9,11,13H,3-8,10,12,18H2,1-2H3. The second-order valence-electron chi connectivity index (χ2n) is 6.28. The summed E-state index contributed by atoms with van der Waals surface area (Å²) in [6.07, 6.45) is 7.93. The fraction of sp³-hybridized carbons (Fsp3) is 0.750. The molecular formula is C16H27BrN2S. The van der Waals surface area contributed by atoms with E-state index in [0.717, 1.165) is 19.0 Å². The van der Waals surface area contributed by atoms with Crippen LogP contribution in [0.5, 0.6) is 0 Å². The molecule has 1 aliphatic rings. The van der Waals surface area contributed by atoms with Gasteiger partial charge in [-0.05, 0) is 71.6 Å². The normalized spacial score (nSPS) is 27.1. The lowest BCUT2D eigenvalue weighted by Crippen LogP contribution is -2.53. The maximum atomic E-state index is 6.17. The highest BCUT2D eigenvalue weighted by Gasteiger charge is 2.37. The number of hydrogen-bond acceptors (Lipinski definition) is 3. The summed E-state index contributed by atoms with van der Waals surface area (Å²) < 4.78 is 1.22. The van der Waals surface area contributed by atoms with Crippen molar-refractivity contribution in [3.63, 3.8) is 0 Å². The summed E-state index contributed by atoms with van der Waals surface area (Å²) >= 11 is 5.31. The van der Waals surface area contributed by atoms with Crippen LogP contribution >= 0.6 is 27.3 Å². The van der Waals surface area contributed by atoms with E-state index >= 15 is 0 Å². The number of likely N-dealkylation sites (N-methyl/N-ethyl adjacent to an activating group) is 1. The Hall–Kier alpha value is 0.100. The van der Waals surface area contributed by atoms with Crippen LogP contribution in [0.4, 0.5) is 0 Å². The van der Waals surface area contributed by atoms with Crippen LogP contribution in [0, 0.1) is 5.92 Å². The molecule has 0 amide bonds. The van der Waals surface area contributed by atoms with Gasteiger partial charge in [0.05, 0.1) is 3.79 Å². The van der Waals surface area contributed by atoms with Gasteiger partial charge >= 0.3 is 0 Å². The minimum atomic E-state index is 0.221. The molecular weight excluding hydrogens is 332 g/mol. The summed E-state index contributed by atoms with van der Waals surface area (Å²) in [4.78, 5) is 2.50. The second kappa shape index (κ2) is 7.39. The lowest BCUT2D eigenvalue weighted by molar-refractivity contribution is 0.0570. The van der Waals surface area contributed by atoms with Gasteiger partial charge in [-0.15, -0.1) is 11.3 Å². The maximum absolute atomic E-state index is 6.17. The summed E-state index contributed by atoms with van der Waals surface area (Å²) in [7, 11) is 2.25. The molecule has 2 N–H and O–H groups in total. The number of thiophene rings is 1. The number of rotatable bonds is 6. The molecule has 114 valence electrons. The second-order valence-corrected chi connectivity index (χ2v) is 8.57. The highest BCUT2D eigenvalue weighted by molar-refractivity contribution is 9.11. The summed E-state index contributed by atoms with van der Waals surface area (Å²) in [5.41, 5.74) is 7.79. The number of nitrogens with two attached hydrogens (primary N) is 1. The third-order valence-electron chi connectivity index (χ3n) is 4.96. The van der Waals surface area contributed by atoms with Gasteiger partial charge in [0.2, 0.25) is 0 Å². The first-order valence-electron chi connectivity index (χ1n) is 7.74. The third kappa shape index (κ3) is 3.85. The zero-order valence-electron chi connectivity index (χ0n) is 12.7. The van der Waals surface area contributed by atoms with E-state index in [1.807, 2.05) is 0 Å². The summed E-state index contributed by atoms with van der Waals surface area (Å²) in [6.45, 7) is 4.09. The van der Waals surface area contributed by atoms with Crippen molar-refractivity contribution in [1.29, 1.82) is 0 Å². The molecule has 0 aliphatic heterocycles. The molecule has 2 rings (SSSR count). The minimum Gasteiger partial charge on any atom is -0.329 e. The highest BCUT2D eigenvalue weighted by atomic mass is 79.9. The monoisotopic (exact) mass is 358 g/mol. The van der Waals surface area contributed by atoms with E-state index in [1.165, 1.54) is 47.9 Å². The first-order chi connectivity index (χ1) is 9.59. The van der Waals surface area contributed by atoms with E-state index < -0.39 is 0 Å². The number of halogens is 1. The highest BCUT2D eigenvalue weighted by Crippen LogP contribution is 2.38. The molecule has 0 spiro atoms. The van der Waals surface area contributed by atoms with Gasteiger partial charge in [0.25, 0.3) is 0 Å². The van der Waals surface area contributed by atoms with Gasteiger partial charge in [-0.25, -0.2) is 0 Å². The van der Waals surface area contributed by atoms with Crippen molar-refractivity contribution < 1.29 is 0 Å². The lowest BCUT2D eigenvalue weighted by atomic mass is 9.74. The predicted octanol–water partition coefficient (Wildman–Crippen LogP) is 4.63. The number of nitrogens with zero attached hydrogens (tertiary/aromatic N) is 1. The van der Waals surface area contributed by atoms with Gasteiger partial charge < -0.3 is 5.73 Å². The molecule has 1 aliphatic carbocycles. The van der Waals surface area contributed by atoms with E-state index in [2.05, 4.69) is 46.2 Å². The van der Waals surface area contributed by atoms with Crippen molar-refractivity contribution in [3.8, 4) is 0 Å². The molecule has 1 aromatic rings.